The Morgan fingerprint density at radius 2 is 2.07 bits per heavy atom. The topological polar surface area (TPSA) is 58.6 Å². The van der Waals surface area contributed by atoms with Crippen LogP contribution >= 0.6 is 0 Å². The molecule has 0 aliphatic carbocycles. The summed E-state index contributed by atoms with van der Waals surface area (Å²) in [7, 11) is 1.66. The molecule has 5 nitrogen and oxygen atoms in total. The van der Waals surface area contributed by atoms with Gasteiger partial charge in [0, 0.05) is 24.8 Å². The molecule has 148 valence electrons. The van der Waals surface area contributed by atoms with Crippen LogP contribution in [0.4, 0.5) is 0 Å². The largest absolute Gasteiger partial charge is 0.497 e. The van der Waals surface area contributed by atoms with Crippen LogP contribution in [0.2, 0.25) is 0 Å². The van der Waals surface area contributed by atoms with Crippen LogP contribution < -0.4 is 10.1 Å². The van der Waals surface area contributed by atoms with Gasteiger partial charge in [-0.2, -0.15) is 0 Å². The molecule has 1 aromatic carbocycles. The van der Waals surface area contributed by atoms with E-state index in [1.165, 1.54) is 0 Å². The Morgan fingerprint density at radius 3 is 2.78 bits per heavy atom. The van der Waals surface area contributed by atoms with E-state index in [2.05, 4.69) is 30.1 Å². The molecule has 2 saturated heterocycles. The molecule has 0 saturated carbocycles. The number of hydrogen-bond acceptors (Lipinski definition) is 3. The molecule has 1 N–H and O–H groups in total. The summed E-state index contributed by atoms with van der Waals surface area (Å²) in [4.78, 5) is 27.7. The molecule has 0 radical (unpaired) electrons. The number of amides is 2. The molecule has 2 amide bonds. The average molecular weight is 373 g/mol. The molecule has 0 aromatic heterocycles. The maximum atomic E-state index is 13.2. The molecule has 5 heteroatoms. The molecule has 3 atom stereocenters. The Kier molecular flexibility index (Phi) is 6.40. The average Bonchev–Trinajstić information content (AvgIpc) is 3.01. The van der Waals surface area contributed by atoms with Gasteiger partial charge in [0.05, 0.1) is 19.2 Å². The first-order chi connectivity index (χ1) is 13.1. The van der Waals surface area contributed by atoms with Gasteiger partial charge >= 0.3 is 0 Å². The molecule has 2 fully saturated rings. The predicted octanol–water partition coefficient (Wildman–Crippen LogP) is 3.48. The maximum absolute atomic E-state index is 13.2. The fourth-order valence-electron chi connectivity index (χ4n) is 4.66. The van der Waals surface area contributed by atoms with Crippen molar-refractivity contribution in [2.45, 2.75) is 70.4 Å². The molecule has 1 aromatic rings. The Morgan fingerprint density at radius 1 is 1.30 bits per heavy atom. The zero-order chi connectivity index (χ0) is 19.4. The zero-order valence-electron chi connectivity index (χ0n) is 16.7. The first-order valence-electron chi connectivity index (χ1n) is 10.3. The van der Waals surface area contributed by atoms with Crippen LogP contribution in [0.25, 0.3) is 0 Å². The van der Waals surface area contributed by atoms with Gasteiger partial charge < -0.3 is 15.0 Å². The van der Waals surface area contributed by atoms with Crippen molar-refractivity contribution in [2.75, 3.05) is 13.7 Å². The highest BCUT2D eigenvalue weighted by molar-refractivity contribution is 5.81. The Balaban J connectivity index is 1.94. The minimum Gasteiger partial charge on any atom is -0.497 e. The van der Waals surface area contributed by atoms with Gasteiger partial charge in [-0.3, -0.25) is 9.59 Å². The summed E-state index contributed by atoms with van der Waals surface area (Å²) in [5.74, 6) is 1.33. The number of methoxy groups -OCH3 is 1. The molecule has 3 rings (SSSR count). The number of hydrogen-bond donors (Lipinski definition) is 1. The summed E-state index contributed by atoms with van der Waals surface area (Å²) in [6, 6.07) is 8.10. The Hall–Kier alpha value is -2.04. The molecule has 2 heterocycles. The third kappa shape index (κ3) is 4.12. The summed E-state index contributed by atoms with van der Waals surface area (Å²) in [6.07, 6.45) is 5.14. The number of ether oxygens (including phenoxy) is 1. The number of carbonyl (C=O) groups is 2. The summed E-state index contributed by atoms with van der Waals surface area (Å²) in [6.45, 7) is 4.83. The summed E-state index contributed by atoms with van der Waals surface area (Å²) in [5, 5.41) is 3.25. The minimum atomic E-state index is -0.0248. The summed E-state index contributed by atoms with van der Waals surface area (Å²) < 4.78 is 5.40. The normalized spacial score (nSPS) is 25.6. The van der Waals surface area contributed by atoms with Crippen molar-refractivity contribution in [3.63, 3.8) is 0 Å². The molecule has 2 aliphatic rings. The monoisotopic (exact) mass is 372 g/mol. The molecular weight excluding hydrogens is 340 g/mol. The number of rotatable bonds is 5. The van der Waals surface area contributed by atoms with Gasteiger partial charge in [0.25, 0.3) is 0 Å². The highest BCUT2D eigenvalue weighted by atomic mass is 16.5. The third-order valence-electron chi connectivity index (χ3n) is 6.26. The van der Waals surface area contributed by atoms with Crippen molar-refractivity contribution < 1.29 is 14.3 Å². The van der Waals surface area contributed by atoms with Crippen molar-refractivity contribution in [3.05, 3.63) is 29.8 Å². The van der Waals surface area contributed by atoms with Crippen LogP contribution in [-0.4, -0.2) is 42.5 Å². The quantitative estimate of drug-likeness (QED) is 0.861. The standard InChI is InChI=1S/C22H32N2O3/c1-4-15(5-2)22(26)24-14-18(16-9-8-10-17(13-16)27-3)21-19(24)11-6-7-12-20(25)23-21/h8-10,13,15,18-19,21H,4-7,11-12,14H2,1-3H3,(H,23,25)/t18-,19+,21-/m0/s1. The van der Waals surface area contributed by atoms with Gasteiger partial charge in [0.1, 0.15) is 5.75 Å². The lowest BCUT2D eigenvalue weighted by atomic mass is 9.88. The molecular formula is C22H32N2O3. The Bertz CT molecular complexity index is 671. The van der Waals surface area contributed by atoms with E-state index >= 15 is 0 Å². The van der Waals surface area contributed by atoms with Gasteiger partial charge in [-0.25, -0.2) is 0 Å². The highest BCUT2D eigenvalue weighted by Gasteiger charge is 2.46. The first-order valence-corrected chi connectivity index (χ1v) is 10.3. The van der Waals surface area contributed by atoms with Crippen molar-refractivity contribution in [3.8, 4) is 5.75 Å². The van der Waals surface area contributed by atoms with E-state index < -0.39 is 0 Å². The van der Waals surface area contributed by atoms with Crippen LogP contribution in [0.3, 0.4) is 0 Å². The van der Waals surface area contributed by atoms with E-state index in [0.717, 1.165) is 43.4 Å². The van der Waals surface area contributed by atoms with Gasteiger partial charge in [0.2, 0.25) is 11.8 Å². The fourth-order valence-corrected chi connectivity index (χ4v) is 4.66. The lowest BCUT2D eigenvalue weighted by molar-refractivity contribution is -0.137. The van der Waals surface area contributed by atoms with E-state index in [4.69, 9.17) is 4.74 Å². The Labute approximate surface area is 162 Å². The number of nitrogens with one attached hydrogen (secondary N) is 1. The SMILES string of the molecule is CCC(CC)C(=O)N1C[C@@H](c2cccc(OC)c2)[C@@H]2NC(=O)CCCC[C@H]21. The number of nitrogens with zero attached hydrogens (tertiary/aromatic N) is 1. The fraction of sp³-hybridized carbons (Fsp3) is 0.636. The first kappa shape index (κ1) is 19.7. The molecule has 2 aliphatic heterocycles. The zero-order valence-corrected chi connectivity index (χ0v) is 16.7. The number of likely N-dealkylation sites (tertiary alicyclic amines) is 1. The van der Waals surface area contributed by atoms with Crippen molar-refractivity contribution in [1.82, 2.24) is 10.2 Å². The van der Waals surface area contributed by atoms with Crippen LogP contribution in [0, 0.1) is 5.92 Å². The second-order valence-corrected chi connectivity index (χ2v) is 7.79. The van der Waals surface area contributed by atoms with Crippen LogP contribution in [0.15, 0.2) is 24.3 Å². The van der Waals surface area contributed by atoms with E-state index in [9.17, 15) is 9.59 Å². The van der Waals surface area contributed by atoms with Crippen LogP contribution in [0.1, 0.15) is 63.9 Å². The summed E-state index contributed by atoms with van der Waals surface area (Å²) in [5.41, 5.74) is 1.13. The van der Waals surface area contributed by atoms with E-state index in [-0.39, 0.29) is 35.7 Å². The molecule has 0 spiro atoms. The van der Waals surface area contributed by atoms with Crippen LogP contribution in [-0.2, 0) is 9.59 Å². The van der Waals surface area contributed by atoms with Gasteiger partial charge in [-0.05, 0) is 43.4 Å². The van der Waals surface area contributed by atoms with E-state index in [1.54, 1.807) is 7.11 Å². The minimum absolute atomic E-state index is 0.0248. The van der Waals surface area contributed by atoms with E-state index in [1.807, 2.05) is 18.2 Å². The highest BCUT2D eigenvalue weighted by Crippen LogP contribution is 2.38. The number of carbonyl (C=O) groups excluding carboxylic acids is 2. The second-order valence-electron chi connectivity index (χ2n) is 7.79. The smallest absolute Gasteiger partial charge is 0.226 e. The third-order valence-corrected chi connectivity index (χ3v) is 6.26. The lowest BCUT2D eigenvalue weighted by Gasteiger charge is -2.32. The number of fused-ring (bicyclic) bond motifs is 1. The van der Waals surface area contributed by atoms with Crippen LogP contribution in [0.5, 0.6) is 5.75 Å². The van der Waals surface area contributed by atoms with Crippen molar-refractivity contribution in [1.29, 1.82) is 0 Å². The van der Waals surface area contributed by atoms with Gasteiger partial charge in [0.15, 0.2) is 0 Å². The number of benzene rings is 1. The maximum Gasteiger partial charge on any atom is 0.226 e. The molecule has 0 unspecified atom stereocenters. The van der Waals surface area contributed by atoms with Gasteiger partial charge in [-0.1, -0.05) is 32.4 Å². The van der Waals surface area contributed by atoms with Crippen molar-refractivity contribution in [2.24, 2.45) is 5.92 Å². The second kappa shape index (κ2) is 8.77. The van der Waals surface area contributed by atoms with Crippen molar-refractivity contribution >= 4 is 11.8 Å². The summed E-state index contributed by atoms with van der Waals surface area (Å²) >= 11 is 0. The van der Waals surface area contributed by atoms with E-state index in [0.29, 0.717) is 13.0 Å². The lowest BCUT2D eigenvalue weighted by Crippen LogP contribution is -2.49. The molecule has 0 bridgehead atoms. The predicted molar refractivity (Wildman–Crippen MR) is 106 cm³/mol. The molecule has 27 heavy (non-hydrogen) atoms. The van der Waals surface area contributed by atoms with Gasteiger partial charge in [-0.15, -0.1) is 0 Å².